The van der Waals surface area contributed by atoms with Crippen molar-refractivity contribution in [1.82, 2.24) is 4.90 Å². The molecule has 0 aromatic heterocycles. The zero-order valence-electron chi connectivity index (χ0n) is 8.03. The molecule has 1 aliphatic heterocycles. The van der Waals surface area contributed by atoms with Crippen molar-refractivity contribution in [3.63, 3.8) is 0 Å². The minimum Gasteiger partial charge on any atom is -0.393 e. The summed E-state index contributed by atoms with van der Waals surface area (Å²) in [5, 5.41) is 9.00. The molecule has 1 rings (SSSR count). The van der Waals surface area contributed by atoms with Gasteiger partial charge < -0.3 is 14.7 Å². The van der Waals surface area contributed by atoms with Crippen LogP contribution in [0.2, 0.25) is 0 Å². The first kappa shape index (κ1) is 10.5. The Kier molecular flexibility index (Phi) is 4.18. The van der Waals surface area contributed by atoms with Gasteiger partial charge in [-0.3, -0.25) is 4.79 Å². The zero-order chi connectivity index (χ0) is 9.68. The largest absolute Gasteiger partial charge is 0.393 e. The molecule has 1 unspecified atom stereocenters. The van der Waals surface area contributed by atoms with Gasteiger partial charge in [0.1, 0.15) is 0 Å². The Morgan fingerprint density at radius 1 is 1.54 bits per heavy atom. The van der Waals surface area contributed by atoms with E-state index >= 15 is 0 Å². The van der Waals surface area contributed by atoms with E-state index in [2.05, 4.69) is 0 Å². The quantitative estimate of drug-likeness (QED) is 0.677. The third-order valence-electron chi connectivity index (χ3n) is 2.14. The van der Waals surface area contributed by atoms with Gasteiger partial charge in [-0.05, 0) is 13.3 Å². The number of carbonyl (C=O) groups is 1. The van der Waals surface area contributed by atoms with Crippen LogP contribution in [0.5, 0.6) is 0 Å². The van der Waals surface area contributed by atoms with Gasteiger partial charge in [-0.1, -0.05) is 0 Å². The Morgan fingerprint density at radius 2 is 2.15 bits per heavy atom. The molecule has 1 aliphatic rings. The van der Waals surface area contributed by atoms with Crippen LogP contribution in [0.1, 0.15) is 19.8 Å². The first-order valence-electron chi connectivity index (χ1n) is 4.73. The maximum absolute atomic E-state index is 11.5. The number of amides is 1. The Morgan fingerprint density at radius 3 is 2.69 bits per heavy atom. The lowest BCUT2D eigenvalue weighted by Gasteiger charge is -2.27. The number of rotatable bonds is 3. The highest BCUT2D eigenvalue weighted by molar-refractivity contribution is 5.76. The average molecular weight is 187 g/mol. The molecule has 4 nitrogen and oxygen atoms in total. The predicted molar refractivity (Wildman–Crippen MR) is 48.3 cm³/mol. The van der Waals surface area contributed by atoms with Crippen molar-refractivity contribution < 1.29 is 14.6 Å². The summed E-state index contributed by atoms with van der Waals surface area (Å²) in [6.45, 7) is 4.37. The number of aliphatic hydroxyl groups excluding tert-OH is 1. The summed E-state index contributed by atoms with van der Waals surface area (Å²) in [6.07, 6.45) is 0.610. The molecule has 1 atom stereocenters. The fourth-order valence-electron chi connectivity index (χ4n) is 1.30. The molecule has 1 amide bonds. The van der Waals surface area contributed by atoms with Gasteiger partial charge in [-0.2, -0.15) is 0 Å². The van der Waals surface area contributed by atoms with Crippen LogP contribution in [0, 0.1) is 0 Å². The molecule has 0 spiro atoms. The van der Waals surface area contributed by atoms with Crippen LogP contribution in [0.25, 0.3) is 0 Å². The van der Waals surface area contributed by atoms with E-state index in [0.29, 0.717) is 39.1 Å². The van der Waals surface area contributed by atoms with Crippen LogP contribution in [0.4, 0.5) is 0 Å². The van der Waals surface area contributed by atoms with E-state index in [-0.39, 0.29) is 12.0 Å². The number of ether oxygens (including phenoxy) is 1. The third kappa shape index (κ3) is 3.74. The molecule has 0 aliphatic carbocycles. The third-order valence-corrected chi connectivity index (χ3v) is 2.14. The molecule has 0 bridgehead atoms. The van der Waals surface area contributed by atoms with Gasteiger partial charge in [-0.25, -0.2) is 0 Å². The molecule has 1 saturated heterocycles. The van der Waals surface area contributed by atoms with E-state index < -0.39 is 0 Å². The smallest absolute Gasteiger partial charge is 0.222 e. The second-order valence-corrected chi connectivity index (χ2v) is 3.38. The molecule has 13 heavy (non-hydrogen) atoms. The van der Waals surface area contributed by atoms with Crippen LogP contribution >= 0.6 is 0 Å². The van der Waals surface area contributed by atoms with Gasteiger partial charge in [0.05, 0.1) is 19.3 Å². The lowest BCUT2D eigenvalue weighted by Crippen LogP contribution is -2.40. The highest BCUT2D eigenvalue weighted by atomic mass is 16.5. The standard InChI is InChI=1S/C9H17NO3/c1-8(11)2-3-9(12)10-4-6-13-7-5-10/h8,11H,2-7H2,1H3. The van der Waals surface area contributed by atoms with Crippen LogP contribution in [-0.4, -0.2) is 48.3 Å². The molecule has 0 radical (unpaired) electrons. The van der Waals surface area contributed by atoms with E-state index in [0.717, 1.165) is 0 Å². The van der Waals surface area contributed by atoms with Crippen molar-refractivity contribution in [3.8, 4) is 0 Å². The number of morpholine rings is 1. The van der Waals surface area contributed by atoms with E-state index in [1.165, 1.54) is 0 Å². The molecule has 0 aromatic rings. The number of hydrogen-bond acceptors (Lipinski definition) is 3. The van der Waals surface area contributed by atoms with Gasteiger partial charge >= 0.3 is 0 Å². The summed E-state index contributed by atoms with van der Waals surface area (Å²) >= 11 is 0. The SMILES string of the molecule is CC(O)CCC(=O)N1CCOCC1. The number of carbonyl (C=O) groups excluding carboxylic acids is 1. The second-order valence-electron chi connectivity index (χ2n) is 3.38. The van der Waals surface area contributed by atoms with Crippen LogP contribution < -0.4 is 0 Å². The molecule has 1 N–H and O–H groups in total. The van der Waals surface area contributed by atoms with Crippen LogP contribution in [-0.2, 0) is 9.53 Å². The molecular formula is C9H17NO3. The van der Waals surface area contributed by atoms with Crippen molar-refractivity contribution in [2.75, 3.05) is 26.3 Å². The van der Waals surface area contributed by atoms with Crippen molar-refractivity contribution in [1.29, 1.82) is 0 Å². The summed E-state index contributed by atoms with van der Waals surface area (Å²) in [6, 6.07) is 0. The molecule has 76 valence electrons. The second kappa shape index (κ2) is 5.19. The highest BCUT2D eigenvalue weighted by Gasteiger charge is 2.16. The van der Waals surface area contributed by atoms with Gasteiger partial charge in [0.15, 0.2) is 0 Å². The van der Waals surface area contributed by atoms with E-state index in [1.807, 2.05) is 0 Å². The molecule has 1 heterocycles. The van der Waals surface area contributed by atoms with Crippen LogP contribution in [0.15, 0.2) is 0 Å². The number of aliphatic hydroxyl groups is 1. The monoisotopic (exact) mass is 187 g/mol. The van der Waals surface area contributed by atoms with Crippen molar-refractivity contribution in [3.05, 3.63) is 0 Å². The maximum atomic E-state index is 11.5. The lowest BCUT2D eigenvalue weighted by atomic mass is 10.2. The normalized spacial score (nSPS) is 20.0. The fourth-order valence-corrected chi connectivity index (χ4v) is 1.30. The molecule has 4 heteroatoms. The predicted octanol–water partition coefficient (Wildman–Crippen LogP) is 0.00620. The van der Waals surface area contributed by atoms with Gasteiger partial charge in [0.2, 0.25) is 5.91 Å². The minimum absolute atomic E-state index is 0.129. The lowest BCUT2D eigenvalue weighted by molar-refractivity contribution is -0.135. The summed E-state index contributed by atoms with van der Waals surface area (Å²) in [5.41, 5.74) is 0. The summed E-state index contributed by atoms with van der Waals surface area (Å²) < 4.78 is 5.13. The van der Waals surface area contributed by atoms with Crippen LogP contribution in [0.3, 0.4) is 0 Å². The highest BCUT2D eigenvalue weighted by Crippen LogP contribution is 2.03. The van der Waals surface area contributed by atoms with E-state index in [1.54, 1.807) is 11.8 Å². The molecular weight excluding hydrogens is 170 g/mol. The topological polar surface area (TPSA) is 49.8 Å². The van der Waals surface area contributed by atoms with Gasteiger partial charge in [-0.15, -0.1) is 0 Å². The van der Waals surface area contributed by atoms with E-state index in [4.69, 9.17) is 9.84 Å². The van der Waals surface area contributed by atoms with Crippen molar-refractivity contribution >= 4 is 5.91 Å². The molecule has 0 aromatic carbocycles. The first-order valence-corrected chi connectivity index (χ1v) is 4.73. The summed E-state index contributed by atoms with van der Waals surface area (Å²) in [7, 11) is 0. The average Bonchev–Trinajstić information content (AvgIpc) is 2.15. The Bertz CT molecular complexity index is 164. The zero-order valence-corrected chi connectivity index (χ0v) is 8.03. The van der Waals surface area contributed by atoms with Gasteiger partial charge in [0.25, 0.3) is 0 Å². The Balaban J connectivity index is 2.21. The Labute approximate surface area is 78.5 Å². The Hall–Kier alpha value is -0.610. The summed E-state index contributed by atoms with van der Waals surface area (Å²) in [5.74, 6) is 0.129. The minimum atomic E-state index is -0.384. The van der Waals surface area contributed by atoms with Crippen molar-refractivity contribution in [2.45, 2.75) is 25.9 Å². The first-order chi connectivity index (χ1) is 6.20. The maximum Gasteiger partial charge on any atom is 0.222 e. The number of hydrogen-bond donors (Lipinski definition) is 1. The molecule has 0 saturated carbocycles. The number of nitrogens with zero attached hydrogens (tertiary/aromatic N) is 1. The molecule has 1 fully saturated rings. The summed E-state index contributed by atoms with van der Waals surface area (Å²) in [4.78, 5) is 13.3. The van der Waals surface area contributed by atoms with Crippen molar-refractivity contribution in [2.24, 2.45) is 0 Å². The fraction of sp³-hybridized carbons (Fsp3) is 0.889. The van der Waals surface area contributed by atoms with E-state index in [9.17, 15) is 4.79 Å². The van der Waals surface area contributed by atoms with Gasteiger partial charge in [0, 0.05) is 19.5 Å².